The zero-order valence-corrected chi connectivity index (χ0v) is 24.3. The molecule has 188 valence electrons. The van der Waals surface area contributed by atoms with Crippen LogP contribution in [0.3, 0.4) is 0 Å². The van der Waals surface area contributed by atoms with Crippen molar-refractivity contribution in [3.05, 3.63) is 73.9 Å². The van der Waals surface area contributed by atoms with Gasteiger partial charge < -0.3 is 5.73 Å². The molecule has 0 unspecified atom stereocenters. The number of aromatic nitrogens is 5. The van der Waals surface area contributed by atoms with Crippen molar-refractivity contribution in [3.63, 3.8) is 0 Å². The Morgan fingerprint density at radius 1 is 1.19 bits per heavy atom. The van der Waals surface area contributed by atoms with Gasteiger partial charge in [-0.15, -0.1) is 11.8 Å². The molecular weight excluding hydrogens is 607 g/mol. The molecule has 1 aliphatic rings. The third kappa shape index (κ3) is 5.40. The van der Waals surface area contributed by atoms with Crippen molar-refractivity contribution in [1.82, 2.24) is 24.5 Å². The fourth-order valence-electron chi connectivity index (χ4n) is 4.46. The standard InChI is InChI=1S/C26H27Br2FN6S/c1-14(36-23-10-17(27)12-31-26(23)30)20-11-18(29)6-7-19(20)25-16(13-34(2)33-25)9-21-24(28)22(35(3)32-21)8-15-4-5-15/h6-7,10-15H,4-5,8-9H2,1-3H3,(H2,30,31)/t14-/m1/s1. The first-order chi connectivity index (χ1) is 17.2. The average molecular weight is 634 g/mol. The number of benzene rings is 1. The van der Waals surface area contributed by atoms with E-state index in [2.05, 4.69) is 36.8 Å². The summed E-state index contributed by atoms with van der Waals surface area (Å²) in [6.07, 6.45) is 7.97. The number of thioether (sulfide) groups is 1. The maximum atomic E-state index is 14.5. The lowest BCUT2D eigenvalue weighted by Crippen LogP contribution is -2.00. The smallest absolute Gasteiger partial charge is 0.137 e. The van der Waals surface area contributed by atoms with E-state index in [1.54, 1.807) is 24.0 Å². The molecule has 10 heteroatoms. The van der Waals surface area contributed by atoms with Crippen LogP contribution in [-0.4, -0.2) is 24.5 Å². The summed E-state index contributed by atoms with van der Waals surface area (Å²) in [6.45, 7) is 2.05. The number of aryl methyl sites for hydroxylation is 2. The van der Waals surface area contributed by atoms with Crippen molar-refractivity contribution in [2.24, 2.45) is 20.0 Å². The van der Waals surface area contributed by atoms with Crippen molar-refractivity contribution in [1.29, 1.82) is 0 Å². The number of pyridine rings is 1. The largest absolute Gasteiger partial charge is 0.383 e. The topological polar surface area (TPSA) is 74.6 Å². The van der Waals surface area contributed by atoms with Gasteiger partial charge in [-0.2, -0.15) is 10.2 Å². The van der Waals surface area contributed by atoms with Crippen LogP contribution >= 0.6 is 43.6 Å². The highest BCUT2D eigenvalue weighted by Gasteiger charge is 2.27. The van der Waals surface area contributed by atoms with Crippen LogP contribution in [-0.2, 0) is 26.9 Å². The molecule has 5 rings (SSSR count). The first-order valence-electron chi connectivity index (χ1n) is 11.8. The molecule has 0 radical (unpaired) electrons. The van der Waals surface area contributed by atoms with Crippen LogP contribution in [0.5, 0.6) is 0 Å². The second kappa shape index (κ2) is 10.3. The molecule has 1 aliphatic carbocycles. The first-order valence-corrected chi connectivity index (χ1v) is 14.3. The molecule has 1 atom stereocenters. The highest BCUT2D eigenvalue weighted by molar-refractivity contribution is 9.10. The van der Waals surface area contributed by atoms with E-state index < -0.39 is 0 Å². The van der Waals surface area contributed by atoms with Gasteiger partial charge in [0, 0.05) is 53.8 Å². The first kappa shape index (κ1) is 25.5. The van der Waals surface area contributed by atoms with Gasteiger partial charge in [-0.05, 0) is 93.8 Å². The quantitative estimate of drug-likeness (QED) is 0.215. The second-order valence-corrected chi connectivity index (χ2v) is 12.5. The molecule has 6 nitrogen and oxygen atoms in total. The minimum Gasteiger partial charge on any atom is -0.383 e. The molecule has 0 spiro atoms. The summed E-state index contributed by atoms with van der Waals surface area (Å²) in [5, 5.41) is 9.53. The zero-order chi connectivity index (χ0) is 25.6. The van der Waals surface area contributed by atoms with E-state index >= 15 is 0 Å². The molecule has 3 heterocycles. The van der Waals surface area contributed by atoms with Gasteiger partial charge in [0.2, 0.25) is 0 Å². The Labute approximate surface area is 231 Å². The lowest BCUT2D eigenvalue weighted by molar-refractivity contribution is 0.625. The van der Waals surface area contributed by atoms with Gasteiger partial charge in [0.15, 0.2) is 0 Å². The van der Waals surface area contributed by atoms with Gasteiger partial charge in [0.1, 0.15) is 11.6 Å². The third-order valence-corrected chi connectivity index (χ3v) is 9.01. The number of halogens is 3. The fourth-order valence-corrected chi connectivity index (χ4v) is 6.66. The number of nitrogen functional groups attached to an aromatic ring is 1. The van der Waals surface area contributed by atoms with E-state index in [0.29, 0.717) is 12.2 Å². The lowest BCUT2D eigenvalue weighted by atomic mass is 9.98. The normalized spacial score (nSPS) is 14.4. The molecule has 1 aromatic carbocycles. The minimum absolute atomic E-state index is 0.0873. The number of nitrogens with zero attached hydrogens (tertiary/aromatic N) is 5. The Morgan fingerprint density at radius 2 is 1.97 bits per heavy atom. The number of hydrogen-bond acceptors (Lipinski definition) is 5. The van der Waals surface area contributed by atoms with Crippen LogP contribution in [0, 0.1) is 11.7 Å². The van der Waals surface area contributed by atoms with Gasteiger partial charge in [0.25, 0.3) is 0 Å². The van der Waals surface area contributed by atoms with Crippen LogP contribution < -0.4 is 5.73 Å². The van der Waals surface area contributed by atoms with E-state index in [9.17, 15) is 4.39 Å². The summed E-state index contributed by atoms with van der Waals surface area (Å²) in [5.41, 5.74) is 12.0. The van der Waals surface area contributed by atoms with Crippen LogP contribution in [0.25, 0.3) is 11.3 Å². The third-order valence-electron chi connectivity index (χ3n) is 6.47. The molecule has 0 aliphatic heterocycles. The lowest BCUT2D eigenvalue weighted by Gasteiger charge is -2.17. The fraction of sp³-hybridized carbons (Fsp3) is 0.346. The van der Waals surface area contributed by atoms with Crippen molar-refractivity contribution < 1.29 is 4.39 Å². The predicted octanol–water partition coefficient (Wildman–Crippen LogP) is 6.86. The van der Waals surface area contributed by atoms with Crippen LogP contribution in [0.15, 0.2) is 50.5 Å². The van der Waals surface area contributed by atoms with Crippen LogP contribution in [0.1, 0.15) is 47.5 Å². The molecule has 4 aromatic rings. The SMILES string of the molecule is C[C@@H](Sc1cc(Br)cnc1N)c1cc(F)ccc1-c1nn(C)cc1Cc1nn(C)c(CC2CC2)c1Br. The van der Waals surface area contributed by atoms with Gasteiger partial charge >= 0.3 is 0 Å². The highest BCUT2D eigenvalue weighted by atomic mass is 79.9. The van der Waals surface area contributed by atoms with E-state index in [1.165, 1.54) is 24.6 Å². The molecule has 0 bridgehead atoms. The number of rotatable bonds is 8. The second-order valence-electron chi connectivity index (χ2n) is 9.36. The molecule has 2 N–H and O–H groups in total. The van der Waals surface area contributed by atoms with Crippen molar-refractivity contribution in [2.75, 3.05) is 5.73 Å². The summed E-state index contributed by atoms with van der Waals surface area (Å²) in [5.74, 6) is 0.943. The summed E-state index contributed by atoms with van der Waals surface area (Å²) in [6, 6.07) is 6.85. The van der Waals surface area contributed by atoms with Crippen LogP contribution in [0.4, 0.5) is 10.2 Å². The van der Waals surface area contributed by atoms with Crippen LogP contribution in [0.2, 0.25) is 0 Å². The minimum atomic E-state index is -0.281. The van der Waals surface area contributed by atoms with Gasteiger partial charge in [-0.25, -0.2) is 9.37 Å². The summed E-state index contributed by atoms with van der Waals surface area (Å²) < 4.78 is 20.2. The molecule has 0 amide bonds. The Kier molecular flexibility index (Phi) is 7.29. The number of nitrogens with two attached hydrogens (primary N) is 1. The van der Waals surface area contributed by atoms with Gasteiger partial charge in [-0.1, -0.05) is 0 Å². The van der Waals surface area contributed by atoms with Gasteiger partial charge in [0.05, 0.1) is 26.4 Å². The van der Waals surface area contributed by atoms with Crippen molar-refractivity contribution in [2.45, 2.75) is 42.8 Å². The molecule has 0 saturated heterocycles. The maximum Gasteiger partial charge on any atom is 0.137 e. The molecule has 3 aromatic heterocycles. The monoisotopic (exact) mass is 632 g/mol. The summed E-state index contributed by atoms with van der Waals surface area (Å²) in [4.78, 5) is 5.08. The maximum absolute atomic E-state index is 14.5. The molecule has 1 saturated carbocycles. The Balaban J connectivity index is 1.50. The Hall–Kier alpha value is -2.17. The number of anilines is 1. The Morgan fingerprint density at radius 3 is 2.72 bits per heavy atom. The summed E-state index contributed by atoms with van der Waals surface area (Å²) >= 11 is 8.83. The molecular formula is C26H27Br2FN6S. The predicted molar refractivity (Wildman–Crippen MR) is 149 cm³/mol. The van der Waals surface area contributed by atoms with E-state index in [1.807, 2.05) is 48.7 Å². The van der Waals surface area contributed by atoms with Gasteiger partial charge in [-0.3, -0.25) is 9.36 Å². The average Bonchev–Trinajstić information content (AvgIpc) is 3.53. The van der Waals surface area contributed by atoms with E-state index in [4.69, 9.17) is 15.9 Å². The Bertz CT molecular complexity index is 1430. The molecule has 36 heavy (non-hydrogen) atoms. The van der Waals surface area contributed by atoms with E-state index in [0.717, 1.165) is 54.3 Å². The summed E-state index contributed by atoms with van der Waals surface area (Å²) in [7, 11) is 3.92. The molecule has 1 fully saturated rings. The van der Waals surface area contributed by atoms with E-state index in [-0.39, 0.29) is 11.1 Å². The highest BCUT2D eigenvalue weighted by Crippen LogP contribution is 2.43. The zero-order valence-electron chi connectivity index (χ0n) is 20.3. The number of hydrogen-bond donors (Lipinski definition) is 1. The van der Waals surface area contributed by atoms with Crippen molar-refractivity contribution >= 4 is 49.4 Å². The van der Waals surface area contributed by atoms with Crippen molar-refractivity contribution in [3.8, 4) is 11.3 Å².